The molecule has 4 nitrogen and oxygen atoms in total. The van der Waals surface area contributed by atoms with E-state index in [-0.39, 0.29) is 5.82 Å². The van der Waals surface area contributed by atoms with Crippen molar-refractivity contribution in [3.8, 4) is 17.1 Å². The molecule has 0 saturated heterocycles. The van der Waals surface area contributed by atoms with Gasteiger partial charge in [0.1, 0.15) is 11.5 Å². The van der Waals surface area contributed by atoms with Crippen LogP contribution < -0.4 is 10.1 Å². The van der Waals surface area contributed by atoms with E-state index >= 15 is 0 Å². The predicted octanol–water partition coefficient (Wildman–Crippen LogP) is 2.01. The van der Waals surface area contributed by atoms with Crippen molar-refractivity contribution in [2.24, 2.45) is 0 Å². The second-order valence-electron chi connectivity index (χ2n) is 3.75. The maximum absolute atomic E-state index is 13.3. The van der Waals surface area contributed by atoms with Crippen molar-refractivity contribution in [3.63, 3.8) is 0 Å². The van der Waals surface area contributed by atoms with Crippen molar-refractivity contribution < 1.29 is 9.13 Å². The Morgan fingerprint density at radius 3 is 2.78 bits per heavy atom. The molecule has 0 atom stereocenters. The van der Waals surface area contributed by atoms with Crippen LogP contribution in [0.1, 0.15) is 5.56 Å². The Hall–Kier alpha value is -2.01. The number of ether oxygens (including phenoxy) is 1. The van der Waals surface area contributed by atoms with Crippen molar-refractivity contribution in [1.29, 1.82) is 0 Å². The molecule has 0 amide bonds. The van der Waals surface area contributed by atoms with Gasteiger partial charge in [0, 0.05) is 24.5 Å². The molecule has 1 aromatic heterocycles. The van der Waals surface area contributed by atoms with Crippen molar-refractivity contribution in [2.45, 2.75) is 6.54 Å². The number of halogens is 1. The maximum atomic E-state index is 13.3. The number of nitrogens with one attached hydrogen (secondary N) is 1. The lowest BCUT2D eigenvalue weighted by Gasteiger charge is -2.11. The van der Waals surface area contributed by atoms with Gasteiger partial charge in [-0.1, -0.05) is 0 Å². The van der Waals surface area contributed by atoms with Gasteiger partial charge in [0.2, 0.25) is 5.88 Å². The van der Waals surface area contributed by atoms with Crippen LogP contribution in [-0.4, -0.2) is 24.1 Å². The maximum Gasteiger partial charge on any atom is 0.240 e. The lowest BCUT2D eigenvalue weighted by Crippen LogP contribution is -2.07. The topological polar surface area (TPSA) is 47.0 Å². The molecule has 1 heterocycles. The standard InChI is InChI=1S/C13H14FN3O/c1-15-8-9-7-10(14)3-4-11(9)12-13(18-2)17-6-5-16-12/h3-7,15H,8H2,1-2H3. The molecule has 0 fully saturated rings. The summed E-state index contributed by atoms with van der Waals surface area (Å²) in [6.07, 6.45) is 3.15. The highest BCUT2D eigenvalue weighted by Crippen LogP contribution is 2.28. The smallest absolute Gasteiger partial charge is 0.240 e. The van der Waals surface area contributed by atoms with E-state index in [2.05, 4.69) is 15.3 Å². The minimum Gasteiger partial charge on any atom is -0.479 e. The van der Waals surface area contributed by atoms with Gasteiger partial charge in [-0.3, -0.25) is 0 Å². The van der Waals surface area contributed by atoms with E-state index in [0.29, 0.717) is 18.1 Å². The Bertz CT molecular complexity index is 546. The largest absolute Gasteiger partial charge is 0.479 e. The second kappa shape index (κ2) is 5.55. The first-order chi connectivity index (χ1) is 8.76. The Morgan fingerprint density at radius 2 is 2.06 bits per heavy atom. The number of hydrogen-bond acceptors (Lipinski definition) is 4. The first-order valence-corrected chi connectivity index (χ1v) is 5.54. The van der Waals surface area contributed by atoms with E-state index in [1.54, 1.807) is 18.5 Å². The molecule has 94 valence electrons. The van der Waals surface area contributed by atoms with E-state index in [9.17, 15) is 4.39 Å². The zero-order chi connectivity index (χ0) is 13.0. The molecule has 0 aliphatic heterocycles. The summed E-state index contributed by atoms with van der Waals surface area (Å²) in [4.78, 5) is 8.35. The Kier molecular flexibility index (Phi) is 3.84. The fourth-order valence-corrected chi connectivity index (χ4v) is 1.79. The predicted molar refractivity (Wildman–Crippen MR) is 66.7 cm³/mol. The molecule has 1 aromatic carbocycles. The third-order valence-electron chi connectivity index (χ3n) is 2.55. The van der Waals surface area contributed by atoms with Crippen LogP contribution in [0.15, 0.2) is 30.6 Å². The fourth-order valence-electron chi connectivity index (χ4n) is 1.79. The first-order valence-electron chi connectivity index (χ1n) is 5.54. The highest BCUT2D eigenvalue weighted by molar-refractivity contribution is 5.67. The van der Waals surface area contributed by atoms with Crippen molar-refractivity contribution in [2.75, 3.05) is 14.2 Å². The van der Waals surface area contributed by atoms with Gasteiger partial charge in [-0.25, -0.2) is 14.4 Å². The Balaban J connectivity index is 2.55. The van der Waals surface area contributed by atoms with E-state index in [0.717, 1.165) is 11.1 Å². The van der Waals surface area contributed by atoms with Crippen LogP contribution in [0.5, 0.6) is 5.88 Å². The zero-order valence-electron chi connectivity index (χ0n) is 10.3. The van der Waals surface area contributed by atoms with Gasteiger partial charge in [-0.15, -0.1) is 0 Å². The van der Waals surface area contributed by atoms with E-state index < -0.39 is 0 Å². The van der Waals surface area contributed by atoms with Crippen LogP contribution in [0, 0.1) is 5.82 Å². The minimum atomic E-state index is -0.271. The van der Waals surface area contributed by atoms with E-state index in [1.165, 1.54) is 19.2 Å². The van der Waals surface area contributed by atoms with Crippen molar-refractivity contribution in [3.05, 3.63) is 42.0 Å². The van der Waals surface area contributed by atoms with Crippen LogP contribution in [0.3, 0.4) is 0 Å². The summed E-state index contributed by atoms with van der Waals surface area (Å²) in [5.41, 5.74) is 2.25. The summed E-state index contributed by atoms with van der Waals surface area (Å²) in [5.74, 6) is 0.160. The third kappa shape index (κ3) is 2.46. The lowest BCUT2D eigenvalue weighted by atomic mass is 10.0. The SMILES string of the molecule is CNCc1cc(F)ccc1-c1nccnc1OC. The number of methoxy groups -OCH3 is 1. The van der Waals surface area contributed by atoms with Crippen LogP contribution in [0.2, 0.25) is 0 Å². The van der Waals surface area contributed by atoms with Crippen LogP contribution in [-0.2, 0) is 6.54 Å². The molecule has 0 saturated carbocycles. The molecule has 0 spiro atoms. The first kappa shape index (κ1) is 12.4. The molecule has 1 N–H and O–H groups in total. The molecular formula is C13H14FN3O. The molecule has 2 aromatic rings. The highest BCUT2D eigenvalue weighted by Gasteiger charge is 2.12. The van der Waals surface area contributed by atoms with Crippen LogP contribution in [0.25, 0.3) is 11.3 Å². The van der Waals surface area contributed by atoms with E-state index in [1.807, 2.05) is 7.05 Å². The van der Waals surface area contributed by atoms with Gasteiger partial charge in [0.25, 0.3) is 0 Å². The van der Waals surface area contributed by atoms with Crippen molar-refractivity contribution >= 4 is 0 Å². The molecule has 2 rings (SSSR count). The Morgan fingerprint density at radius 1 is 1.28 bits per heavy atom. The fraction of sp³-hybridized carbons (Fsp3) is 0.231. The number of hydrogen-bond donors (Lipinski definition) is 1. The molecular weight excluding hydrogens is 233 g/mol. The molecule has 0 bridgehead atoms. The summed E-state index contributed by atoms with van der Waals surface area (Å²) in [5, 5.41) is 3.00. The Labute approximate surface area is 105 Å². The molecule has 0 unspecified atom stereocenters. The summed E-state index contributed by atoms with van der Waals surface area (Å²) < 4.78 is 18.4. The molecule has 0 aliphatic carbocycles. The minimum absolute atomic E-state index is 0.271. The summed E-state index contributed by atoms with van der Waals surface area (Å²) in [6, 6.07) is 4.58. The number of aromatic nitrogens is 2. The number of nitrogens with zero attached hydrogens (tertiary/aromatic N) is 2. The average Bonchev–Trinajstić information content (AvgIpc) is 2.39. The van der Waals surface area contributed by atoms with Crippen LogP contribution in [0.4, 0.5) is 4.39 Å². The normalized spacial score (nSPS) is 10.4. The van der Waals surface area contributed by atoms with Gasteiger partial charge in [0.05, 0.1) is 7.11 Å². The van der Waals surface area contributed by atoms with Crippen molar-refractivity contribution in [1.82, 2.24) is 15.3 Å². The quantitative estimate of drug-likeness (QED) is 0.897. The van der Waals surface area contributed by atoms with Gasteiger partial charge in [0.15, 0.2) is 0 Å². The van der Waals surface area contributed by atoms with Crippen LogP contribution >= 0.6 is 0 Å². The molecule has 0 aliphatic rings. The average molecular weight is 247 g/mol. The summed E-state index contributed by atoms with van der Waals surface area (Å²) >= 11 is 0. The molecule has 18 heavy (non-hydrogen) atoms. The zero-order valence-corrected chi connectivity index (χ0v) is 10.3. The molecule has 5 heteroatoms. The summed E-state index contributed by atoms with van der Waals surface area (Å²) in [6.45, 7) is 0.548. The number of benzene rings is 1. The van der Waals surface area contributed by atoms with Gasteiger partial charge < -0.3 is 10.1 Å². The number of rotatable bonds is 4. The van der Waals surface area contributed by atoms with E-state index in [4.69, 9.17) is 4.74 Å². The van der Waals surface area contributed by atoms with Gasteiger partial charge >= 0.3 is 0 Å². The summed E-state index contributed by atoms with van der Waals surface area (Å²) in [7, 11) is 3.34. The highest BCUT2D eigenvalue weighted by atomic mass is 19.1. The van der Waals surface area contributed by atoms with Gasteiger partial charge in [-0.2, -0.15) is 0 Å². The molecule has 0 radical (unpaired) electrons. The second-order valence-corrected chi connectivity index (χ2v) is 3.75. The third-order valence-corrected chi connectivity index (χ3v) is 2.55. The monoisotopic (exact) mass is 247 g/mol. The lowest BCUT2D eigenvalue weighted by molar-refractivity contribution is 0.397. The van der Waals surface area contributed by atoms with Gasteiger partial charge in [-0.05, 0) is 30.8 Å².